The molecule has 0 bridgehead atoms. The van der Waals surface area contributed by atoms with Gasteiger partial charge in [-0.05, 0) is 70.6 Å². The Hall–Kier alpha value is -1.81. The zero-order chi connectivity index (χ0) is 37.7. The number of carbonyl (C=O) groups excluding carboxylic acids is 2. The molecule has 0 aliphatic carbocycles. The maximum absolute atomic E-state index is 12.6. The van der Waals surface area contributed by atoms with Gasteiger partial charge in [0, 0.05) is 12.8 Å². The van der Waals surface area contributed by atoms with E-state index in [1.807, 2.05) is 0 Å². The van der Waals surface area contributed by atoms with Gasteiger partial charge >= 0.3 is 19.8 Å². The van der Waals surface area contributed by atoms with Gasteiger partial charge in [0.05, 0.1) is 19.8 Å². The number of hydrogen-bond acceptors (Lipinski definition) is 9. The molecule has 11 heteroatoms. The SMILES string of the molecule is CCCCC/C=C\C/C=C\CCCCCCCC(=O)OC(COC(=O)CCCCCCC/C=C\CCCCCC)COP(=O)(O)OCC(O)CO. The predicted octanol–water partition coefficient (Wildman–Crippen LogP) is 10.00. The smallest absolute Gasteiger partial charge is 0.462 e. The Balaban J connectivity index is 4.39. The molecular weight excluding hydrogens is 671 g/mol. The van der Waals surface area contributed by atoms with Gasteiger partial charge in [0.1, 0.15) is 12.7 Å². The number of phosphoric acid groups is 1. The lowest BCUT2D eigenvalue weighted by atomic mass is 10.1. The zero-order valence-corrected chi connectivity index (χ0v) is 33.0. The standard InChI is InChI=1S/C40H73O10P/c1-3-5-7-9-11-13-15-17-18-20-22-24-26-28-30-32-40(44)50-38(36-49-51(45,46)48-34-37(42)33-41)35-47-39(43)31-29-27-25-23-21-19-16-14-12-10-8-6-4-2/h11,13-14,16-18,37-38,41-42H,3-10,12,15,19-36H2,1-2H3,(H,45,46)/b13-11-,16-14-,18-17-. The Bertz CT molecular complexity index is 952. The fourth-order valence-corrected chi connectivity index (χ4v) is 5.92. The minimum absolute atomic E-state index is 0.166. The van der Waals surface area contributed by atoms with Crippen LogP contribution in [-0.2, 0) is 32.7 Å². The van der Waals surface area contributed by atoms with Crippen molar-refractivity contribution in [3.8, 4) is 0 Å². The van der Waals surface area contributed by atoms with Crippen LogP contribution in [0.3, 0.4) is 0 Å². The number of carbonyl (C=O) groups is 2. The molecule has 0 radical (unpaired) electrons. The van der Waals surface area contributed by atoms with Crippen molar-refractivity contribution in [2.45, 2.75) is 180 Å². The summed E-state index contributed by atoms with van der Waals surface area (Å²) in [6.45, 7) is 2.30. The average molecular weight is 745 g/mol. The third kappa shape index (κ3) is 36.3. The molecular formula is C40H73O10P. The summed E-state index contributed by atoms with van der Waals surface area (Å²) >= 11 is 0. The van der Waals surface area contributed by atoms with E-state index in [2.05, 4.69) is 54.8 Å². The molecule has 3 atom stereocenters. The molecule has 0 aliphatic heterocycles. The van der Waals surface area contributed by atoms with Crippen LogP contribution in [0, 0.1) is 0 Å². The van der Waals surface area contributed by atoms with E-state index in [-0.39, 0.29) is 19.4 Å². The first-order valence-corrected chi connectivity index (χ1v) is 21.4. The number of hydrogen-bond donors (Lipinski definition) is 3. The highest BCUT2D eigenvalue weighted by molar-refractivity contribution is 7.47. The summed E-state index contributed by atoms with van der Waals surface area (Å²) in [4.78, 5) is 34.9. The van der Waals surface area contributed by atoms with Crippen LogP contribution in [0.1, 0.15) is 168 Å². The molecule has 3 N–H and O–H groups in total. The van der Waals surface area contributed by atoms with Crippen molar-refractivity contribution in [1.29, 1.82) is 0 Å². The van der Waals surface area contributed by atoms with Crippen molar-refractivity contribution in [2.75, 3.05) is 26.4 Å². The lowest BCUT2D eigenvalue weighted by molar-refractivity contribution is -0.161. The van der Waals surface area contributed by atoms with E-state index in [0.717, 1.165) is 83.5 Å². The fraction of sp³-hybridized carbons (Fsp3) is 0.800. The van der Waals surface area contributed by atoms with Crippen molar-refractivity contribution in [3.63, 3.8) is 0 Å². The van der Waals surface area contributed by atoms with Crippen LogP contribution >= 0.6 is 7.82 Å². The Kier molecular flexibility index (Phi) is 35.2. The van der Waals surface area contributed by atoms with Crippen LogP contribution in [0.4, 0.5) is 0 Å². The topological polar surface area (TPSA) is 149 Å². The number of unbranched alkanes of at least 4 members (excludes halogenated alkanes) is 17. The van der Waals surface area contributed by atoms with Crippen LogP contribution in [0.5, 0.6) is 0 Å². The molecule has 0 saturated carbocycles. The van der Waals surface area contributed by atoms with Gasteiger partial charge in [-0.2, -0.15) is 0 Å². The van der Waals surface area contributed by atoms with E-state index in [4.69, 9.17) is 19.1 Å². The van der Waals surface area contributed by atoms with E-state index in [1.54, 1.807) is 0 Å². The summed E-state index contributed by atoms with van der Waals surface area (Å²) in [5.41, 5.74) is 0. The minimum Gasteiger partial charge on any atom is -0.462 e. The molecule has 0 aromatic rings. The summed E-state index contributed by atoms with van der Waals surface area (Å²) in [5.74, 6) is -0.952. The fourth-order valence-electron chi connectivity index (χ4n) is 5.13. The monoisotopic (exact) mass is 744 g/mol. The van der Waals surface area contributed by atoms with Crippen LogP contribution in [0.2, 0.25) is 0 Å². The number of allylic oxidation sites excluding steroid dienone is 6. The molecule has 0 heterocycles. The number of rotatable bonds is 37. The highest BCUT2D eigenvalue weighted by atomic mass is 31.2. The molecule has 0 aromatic heterocycles. The molecule has 0 amide bonds. The van der Waals surface area contributed by atoms with Gasteiger partial charge in [-0.15, -0.1) is 0 Å². The number of esters is 2. The predicted molar refractivity (Wildman–Crippen MR) is 205 cm³/mol. The summed E-state index contributed by atoms with van der Waals surface area (Å²) in [6.07, 6.45) is 35.4. The summed E-state index contributed by atoms with van der Waals surface area (Å²) in [5, 5.41) is 18.3. The number of phosphoric ester groups is 1. The van der Waals surface area contributed by atoms with E-state index in [0.29, 0.717) is 12.8 Å². The van der Waals surface area contributed by atoms with E-state index in [9.17, 15) is 24.2 Å². The van der Waals surface area contributed by atoms with Crippen LogP contribution in [-0.4, -0.2) is 65.7 Å². The lowest BCUT2D eigenvalue weighted by Crippen LogP contribution is -2.29. The highest BCUT2D eigenvalue weighted by Gasteiger charge is 2.27. The van der Waals surface area contributed by atoms with Gasteiger partial charge in [-0.25, -0.2) is 4.57 Å². The van der Waals surface area contributed by atoms with E-state index < -0.39 is 51.8 Å². The Labute approximate surface area is 310 Å². The van der Waals surface area contributed by atoms with Gasteiger partial charge in [0.25, 0.3) is 0 Å². The molecule has 0 aromatic carbocycles. The zero-order valence-electron chi connectivity index (χ0n) is 32.1. The number of aliphatic hydroxyl groups is 2. The Morgan fingerprint density at radius 3 is 1.57 bits per heavy atom. The van der Waals surface area contributed by atoms with Crippen molar-refractivity contribution in [3.05, 3.63) is 36.5 Å². The molecule has 10 nitrogen and oxygen atoms in total. The van der Waals surface area contributed by atoms with Crippen molar-refractivity contribution in [2.24, 2.45) is 0 Å². The second-order valence-corrected chi connectivity index (χ2v) is 14.8. The summed E-state index contributed by atoms with van der Waals surface area (Å²) in [7, 11) is -4.62. The number of ether oxygens (including phenoxy) is 2. The molecule has 298 valence electrons. The first-order chi connectivity index (χ1) is 24.7. The second kappa shape index (κ2) is 36.5. The summed E-state index contributed by atoms with van der Waals surface area (Å²) in [6, 6.07) is 0. The molecule has 0 rings (SSSR count). The van der Waals surface area contributed by atoms with Crippen molar-refractivity contribution in [1.82, 2.24) is 0 Å². The van der Waals surface area contributed by atoms with Crippen LogP contribution < -0.4 is 0 Å². The van der Waals surface area contributed by atoms with Crippen molar-refractivity contribution >= 4 is 19.8 Å². The molecule has 0 spiro atoms. The van der Waals surface area contributed by atoms with E-state index >= 15 is 0 Å². The van der Waals surface area contributed by atoms with Gasteiger partial charge in [0.2, 0.25) is 0 Å². The molecule has 51 heavy (non-hydrogen) atoms. The van der Waals surface area contributed by atoms with Gasteiger partial charge in [-0.3, -0.25) is 18.6 Å². The van der Waals surface area contributed by atoms with Crippen molar-refractivity contribution < 1.29 is 47.8 Å². The average Bonchev–Trinajstić information content (AvgIpc) is 3.12. The molecule has 0 aliphatic rings. The minimum atomic E-state index is -4.62. The van der Waals surface area contributed by atoms with Gasteiger partial charge < -0.3 is 24.6 Å². The number of aliphatic hydroxyl groups excluding tert-OH is 2. The third-order valence-electron chi connectivity index (χ3n) is 8.27. The maximum Gasteiger partial charge on any atom is 0.472 e. The van der Waals surface area contributed by atoms with Gasteiger partial charge in [-0.1, -0.05) is 121 Å². The van der Waals surface area contributed by atoms with Crippen LogP contribution in [0.15, 0.2) is 36.5 Å². The maximum atomic E-state index is 12.6. The second-order valence-electron chi connectivity index (χ2n) is 13.3. The third-order valence-corrected chi connectivity index (χ3v) is 9.22. The Morgan fingerprint density at radius 2 is 1.02 bits per heavy atom. The largest absolute Gasteiger partial charge is 0.472 e. The lowest BCUT2D eigenvalue weighted by Gasteiger charge is -2.20. The quantitative estimate of drug-likeness (QED) is 0.0243. The molecule has 0 saturated heterocycles. The Morgan fingerprint density at radius 1 is 0.588 bits per heavy atom. The normalized spacial score (nSPS) is 14.4. The van der Waals surface area contributed by atoms with Crippen LogP contribution in [0.25, 0.3) is 0 Å². The van der Waals surface area contributed by atoms with E-state index in [1.165, 1.54) is 44.9 Å². The molecule has 0 fully saturated rings. The van der Waals surface area contributed by atoms with Gasteiger partial charge in [0.15, 0.2) is 6.10 Å². The molecule has 3 unspecified atom stereocenters. The highest BCUT2D eigenvalue weighted by Crippen LogP contribution is 2.43. The summed E-state index contributed by atoms with van der Waals surface area (Å²) < 4.78 is 32.6. The first kappa shape index (κ1) is 49.2. The first-order valence-electron chi connectivity index (χ1n) is 19.9.